The van der Waals surface area contributed by atoms with E-state index in [1.807, 2.05) is 48.5 Å². The van der Waals surface area contributed by atoms with Gasteiger partial charge in [-0.2, -0.15) is 0 Å². The summed E-state index contributed by atoms with van der Waals surface area (Å²) in [6, 6.07) is 23.6. The maximum atomic E-state index is 13.3. The summed E-state index contributed by atoms with van der Waals surface area (Å²) in [7, 11) is 3.53. The lowest BCUT2D eigenvalue weighted by Gasteiger charge is -2.31. The zero-order valence-electron chi connectivity index (χ0n) is 18.4. The first-order valence-corrected chi connectivity index (χ1v) is 10.8. The number of hydrogen-bond acceptors (Lipinski definition) is 2. The zero-order valence-corrected chi connectivity index (χ0v) is 18.4. The topological polar surface area (TPSA) is 40.6 Å². The van der Waals surface area contributed by atoms with E-state index in [1.165, 1.54) is 12.1 Å². The summed E-state index contributed by atoms with van der Waals surface area (Å²) in [6.45, 7) is 0.934. The molecule has 0 aliphatic carbocycles. The Morgan fingerprint density at radius 2 is 1.66 bits per heavy atom. The molecule has 1 aliphatic rings. The molecule has 0 saturated carbocycles. The highest BCUT2D eigenvalue weighted by molar-refractivity contribution is 5.95. The molecule has 1 saturated heterocycles. The predicted octanol–water partition coefficient (Wildman–Crippen LogP) is 4.66. The molecule has 3 aromatic rings. The molecule has 3 aromatic carbocycles. The fourth-order valence-electron chi connectivity index (χ4n) is 4.57. The van der Waals surface area contributed by atoms with Crippen molar-refractivity contribution in [2.75, 3.05) is 27.2 Å². The van der Waals surface area contributed by atoms with Crippen LogP contribution in [0.4, 0.5) is 4.39 Å². The predicted molar refractivity (Wildman–Crippen MR) is 124 cm³/mol. The van der Waals surface area contributed by atoms with Crippen LogP contribution in [0.15, 0.2) is 78.9 Å². The first-order valence-electron chi connectivity index (χ1n) is 10.8. The first-order chi connectivity index (χ1) is 15.4. The van der Waals surface area contributed by atoms with E-state index in [9.17, 15) is 14.0 Å². The Labute approximate surface area is 188 Å². The van der Waals surface area contributed by atoms with Crippen LogP contribution in [-0.2, 0) is 11.2 Å². The molecule has 32 heavy (non-hydrogen) atoms. The Morgan fingerprint density at radius 3 is 2.34 bits per heavy atom. The van der Waals surface area contributed by atoms with Gasteiger partial charge in [-0.25, -0.2) is 4.39 Å². The number of amides is 2. The number of carbonyl (C=O) groups is 2. The largest absolute Gasteiger partial charge is 0.348 e. The Balaban J connectivity index is 1.61. The quantitative estimate of drug-likeness (QED) is 0.591. The second kappa shape index (κ2) is 8.95. The molecule has 0 bridgehead atoms. The van der Waals surface area contributed by atoms with Crippen LogP contribution in [0.1, 0.15) is 22.3 Å². The van der Waals surface area contributed by atoms with E-state index < -0.39 is 5.41 Å². The fraction of sp³-hybridized carbons (Fsp3) is 0.259. The minimum absolute atomic E-state index is 0.0352. The Kier molecular flexibility index (Phi) is 6.08. The summed E-state index contributed by atoms with van der Waals surface area (Å²) in [5.41, 5.74) is 2.89. The second-order valence-electron chi connectivity index (χ2n) is 8.71. The van der Waals surface area contributed by atoms with Gasteiger partial charge < -0.3 is 9.80 Å². The van der Waals surface area contributed by atoms with Crippen molar-refractivity contribution in [1.82, 2.24) is 9.80 Å². The molecule has 164 valence electrons. The van der Waals surface area contributed by atoms with Gasteiger partial charge in [0.2, 0.25) is 5.91 Å². The third kappa shape index (κ3) is 4.42. The molecule has 0 radical (unpaired) electrons. The standard InChI is InChI=1S/C27H27FN2O2/c1-29(2)26(32)27(15-16-30(19-27)25(31)22-8-4-3-5-9-22)18-20-7-6-10-23(17-20)21-11-13-24(28)14-12-21/h3-14,17H,15-16,18-19H2,1-2H3/t27-/m1/s1. The highest BCUT2D eigenvalue weighted by atomic mass is 19.1. The van der Waals surface area contributed by atoms with Gasteiger partial charge in [-0.05, 0) is 53.8 Å². The first kappa shape index (κ1) is 21.8. The minimum Gasteiger partial charge on any atom is -0.348 e. The number of benzene rings is 3. The van der Waals surface area contributed by atoms with Gasteiger partial charge in [-0.15, -0.1) is 0 Å². The molecule has 0 unspecified atom stereocenters. The van der Waals surface area contributed by atoms with Crippen molar-refractivity contribution < 1.29 is 14.0 Å². The van der Waals surface area contributed by atoms with E-state index in [2.05, 4.69) is 6.07 Å². The summed E-state index contributed by atoms with van der Waals surface area (Å²) in [6.07, 6.45) is 1.15. The Morgan fingerprint density at radius 1 is 0.938 bits per heavy atom. The van der Waals surface area contributed by atoms with Crippen molar-refractivity contribution >= 4 is 11.8 Å². The van der Waals surface area contributed by atoms with Gasteiger partial charge in [0, 0.05) is 32.7 Å². The lowest BCUT2D eigenvalue weighted by molar-refractivity contribution is -0.138. The number of likely N-dealkylation sites (tertiary alicyclic amines) is 1. The van der Waals surface area contributed by atoms with Crippen LogP contribution in [0.25, 0.3) is 11.1 Å². The van der Waals surface area contributed by atoms with Crippen molar-refractivity contribution in [3.63, 3.8) is 0 Å². The summed E-state index contributed by atoms with van der Waals surface area (Å²) >= 11 is 0. The maximum absolute atomic E-state index is 13.3. The molecule has 0 spiro atoms. The summed E-state index contributed by atoms with van der Waals surface area (Å²) in [4.78, 5) is 29.7. The molecule has 2 amide bonds. The van der Waals surface area contributed by atoms with Crippen LogP contribution >= 0.6 is 0 Å². The Bertz CT molecular complexity index is 1110. The van der Waals surface area contributed by atoms with Gasteiger partial charge in [-0.1, -0.05) is 54.6 Å². The molecule has 0 aromatic heterocycles. The molecule has 4 nitrogen and oxygen atoms in total. The van der Waals surface area contributed by atoms with Crippen LogP contribution < -0.4 is 0 Å². The zero-order chi connectivity index (χ0) is 22.7. The van der Waals surface area contributed by atoms with Crippen LogP contribution in [0.2, 0.25) is 0 Å². The highest BCUT2D eigenvalue weighted by Crippen LogP contribution is 2.37. The number of hydrogen-bond donors (Lipinski definition) is 0. The fourth-order valence-corrected chi connectivity index (χ4v) is 4.57. The van der Waals surface area contributed by atoms with Crippen LogP contribution in [0.3, 0.4) is 0 Å². The number of halogens is 1. The third-order valence-corrected chi connectivity index (χ3v) is 6.17. The molecule has 1 fully saturated rings. The molecule has 4 rings (SSSR count). The van der Waals surface area contributed by atoms with Gasteiger partial charge in [0.05, 0.1) is 5.41 Å². The summed E-state index contributed by atoms with van der Waals surface area (Å²) < 4.78 is 13.3. The van der Waals surface area contributed by atoms with Crippen molar-refractivity contribution in [2.45, 2.75) is 12.8 Å². The number of carbonyl (C=O) groups excluding carboxylic acids is 2. The SMILES string of the molecule is CN(C)C(=O)[C@@]1(Cc2cccc(-c3ccc(F)cc3)c2)CCN(C(=O)c2ccccc2)C1. The lowest BCUT2D eigenvalue weighted by Crippen LogP contribution is -2.44. The monoisotopic (exact) mass is 430 g/mol. The third-order valence-electron chi connectivity index (χ3n) is 6.17. The normalized spacial score (nSPS) is 17.9. The van der Waals surface area contributed by atoms with Gasteiger partial charge in [0.1, 0.15) is 5.82 Å². The van der Waals surface area contributed by atoms with E-state index >= 15 is 0 Å². The maximum Gasteiger partial charge on any atom is 0.253 e. The van der Waals surface area contributed by atoms with Gasteiger partial charge in [0.15, 0.2) is 0 Å². The van der Waals surface area contributed by atoms with E-state index in [-0.39, 0.29) is 17.6 Å². The number of nitrogens with zero attached hydrogens (tertiary/aromatic N) is 2. The van der Waals surface area contributed by atoms with E-state index in [0.29, 0.717) is 31.5 Å². The lowest BCUT2D eigenvalue weighted by atomic mass is 9.79. The van der Waals surface area contributed by atoms with Crippen molar-refractivity contribution in [2.24, 2.45) is 5.41 Å². The molecule has 0 N–H and O–H groups in total. The smallest absolute Gasteiger partial charge is 0.253 e. The molecular formula is C27H27FN2O2. The van der Waals surface area contributed by atoms with Crippen molar-refractivity contribution in [1.29, 1.82) is 0 Å². The van der Waals surface area contributed by atoms with Gasteiger partial charge in [0.25, 0.3) is 5.91 Å². The van der Waals surface area contributed by atoms with E-state index in [0.717, 1.165) is 16.7 Å². The summed E-state index contributed by atoms with van der Waals surface area (Å²) in [5, 5.41) is 0. The molecule has 5 heteroatoms. The summed E-state index contributed by atoms with van der Waals surface area (Å²) in [5.74, 6) is -0.276. The second-order valence-corrected chi connectivity index (χ2v) is 8.71. The average Bonchev–Trinajstić information content (AvgIpc) is 3.24. The van der Waals surface area contributed by atoms with Gasteiger partial charge >= 0.3 is 0 Å². The van der Waals surface area contributed by atoms with Gasteiger partial charge in [-0.3, -0.25) is 9.59 Å². The van der Waals surface area contributed by atoms with E-state index in [1.54, 1.807) is 36.0 Å². The van der Waals surface area contributed by atoms with Crippen molar-refractivity contribution in [3.05, 3.63) is 95.8 Å². The molecule has 1 aliphatic heterocycles. The average molecular weight is 431 g/mol. The van der Waals surface area contributed by atoms with Crippen LogP contribution in [0.5, 0.6) is 0 Å². The Hall–Kier alpha value is -3.47. The molecule has 1 atom stereocenters. The number of rotatable bonds is 5. The highest BCUT2D eigenvalue weighted by Gasteiger charge is 2.46. The molecule has 1 heterocycles. The van der Waals surface area contributed by atoms with E-state index in [4.69, 9.17) is 0 Å². The minimum atomic E-state index is -0.671. The molecular weight excluding hydrogens is 403 g/mol. The van der Waals surface area contributed by atoms with Crippen molar-refractivity contribution in [3.8, 4) is 11.1 Å². The van der Waals surface area contributed by atoms with Crippen LogP contribution in [-0.4, -0.2) is 48.8 Å². The van der Waals surface area contributed by atoms with Crippen LogP contribution in [0, 0.1) is 11.2 Å².